The third-order valence-corrected chi connectivity index (χ3v) is 5.03. The second-order valence-corrected chi connectivity index (χ2v) is 7.31. The first-order valence-corrected chi connectivity index (χ1v) is 9.57. The van der Waals surface area contributed by atoms with Crippen LogP contribution >= 0.6 is 11.8 Å². The number of rotatable bonds is 6. The van der Waals surface area contributed by atoms with Crippen molar-refractivity contribution < 1.29 is 14.7 Å². The van der Waals surface area contributed by atoms with Crippen LogP contribution in [0.1, 0.15) is 27.2 Å². The Kier molecular flexibility index (Phi) is 6.06. The zero-order chi connectivity index (χ0) is 20.1. The molecule has 0 saturated carbocycles. The second-order valence-electron chi connectivity index (χ2n) is 6.29. The van der Waals surface area contributed by atoms with Gasteiger partial charge in [0, 0.05) is 16.0 Å². The summed E-state index contributed by atoms with van der Waals surface area (Å²) in [7, 11) is 0. The predicted molar refractivity (Wildman–Crippen MR) is 111 cm³/mol. The molecule has 3 aromatic rings. The fourth-order valence-electron chi connectivity index (χ4n) is 2.62. The average molecular weight is 393 g/mol. The second kappa shape index (κ2) is 8.67. The summed E-state index contributed by atoms with van der Waals surface area (Å²) in [6, 6.07) is 14.3. The highest BCUT2D eigenvalue weighted by molar-refractivity contribution is 8.00. The van der Waals surface area contributed by atoms with E-state index in [0.29, 0.717) is 5.56 Å². The molecule has 0 radical (unpaired) electrons. The molecular formula is C21H19N3O3S. The van der Waals surface area contributed by atoms with Crippen molar-refractivity contribution in [3.8, 4) is 0 Å². The molecule has 7 heteroatoms. The van der Waals surface area contributed by atoms with Crippen molar-refractivity contribution in [1.29, 1.82) is 0 Å². The highest BCUT2D eigenvalue weighted by Crippen LogP contribution is 2.28. The topological polar surface area (TPSA) is 91.7 Å². The number of carboxylic acids is 1. The van der Waals surface area contributed by atoms with Crippen LogP contribution in [0.4, 0.5) is 0 Å². The number of thioether (sulfide) groups is 1. The quantitative estimate of drug-likeness (QED) is 0.378. The number of pyridine rings is 1. The molecule has 1 heterocycles. The summed E-state index contributed by atoms with van der Waals surface area (Å²) in [6.07, 6.45) is 1.48. The number of hydrazone groups is 1. The molecule has 0 atom stereocenters. The lowest BCUT2D eigenvalue weighted by Gasteiger charge is -2.08. The molecule has 0 saturated heterocycles. The summed E-state index contributed by atoms with van der Waals surface area (Å²) in [6.45, 7) is 3.96. The van der Waals surface area contributed by atoms with Crippen LogP contribution in [0.25, 0.3) is 10.9 Å². The Morgan fingerprint density at radius 2 is 1.89 bits per heavy atom. The summed E-state index contributed by atoms with van der Waals surface area (Å²) in [4.78, 5) is 28.5. The van der Waals surface area contributed by atoms with E-state index in [1.165, 1.54) is 30.1 Å². The van der Waals surface area contributed by atoms with Gasteiger partial charge in [-0.05, 0) is 49.7 Å². The van der Waals surface area contributed by atoms with Crippen molar-refractivity contribution in [3.63, 3.8) is 0 Å². The van der Waals surface area contributed by atoms with E-state index >= 15 is 0 Å². The molecule has 3 rings (SSSR count). The van der Waals surface area contributed by atoms with Crippen LogP contribution in [0.5, 0.6) is 0 Å². The van der Waals surface area contributed by atoms with Crippen molar-refractivity contribution >= 4 is 40.8 Å². The summed E-state index contributed by atoms with van der Waals surface area (Å²) in [5.41, 5.74) is 6.35. The monoisotopic (exact) mass is 393 g/mol. The van der Waals surface area contributed by atoms with Gasteiger partial charge in [-0.3, -0.25) is 9.78 Å². The van der Waals surface area contributed by atoms with Crippen molar-refractivity contribution in [3.05, 3.63) is 70.9 Å². The standard InChI is InChI=1S/C21H19N3O3S/c1-13-3-8-18-17(9-13)19(10-14(2)23-18)28-12-20(25)24-22-11-15-4-6-16(7-5-15)21(26)27/h3-11H,12H2,1-2H3,(H,24,25)(H,26,27). The fraction of sp³-hybridized carbons (Fsp3) is 0.143. The summed E-state index contributed by atoms with van der Waals surface area (Å²) >= 11 is 1.44. The van der Waals surface area contributed by atoms with Gasteiger partial charge in [0.15, 0.2) is 0 Å². The number of aromatic carboxylic acids is 1. The molecule has 0 spiro atoms. The minimum Gasteiger partial charge on any atom is -0.478 e. The SMILES string of the molecule is Cc1ccc2nc(C)cc(SCC(=O)NN=Cc3ccc(C(=O)O)cc3)c2c1. The van der Waals surface area contributed by atoms with Crippen molar-refractivity contribution in [2.75, 3.05) is 5.75 Å². The zero-order valence-corrected chi connectivity index (χ0v) is 16.3. The summed E-state index contributed by atoms with van der Waals surface area (Å²) in [5.74, 6) is -0.983. The lowest BCUT2D eigenvalue weighted by Crippen LogP contribution is -2.19. The van der Waals surface area contributed by atoms with Gasteiger partial charge in [-0.1, -0.05) is 23.8 Å². The number of carbonyl (C=O) groups is 2. The van der Waals surface area contributed by atoms with E-state index in [1.807, 2.05) is 32.0 Å². The van der Waals surface area contributed by atoms with Crippen LogP contribution in [0.15, 0.2) is 58.5 Å². The summed E-state index contributed by atoms with van der Waals surface area (Å²) in [5, 5.41) is 13.8. The largest absolute Gasteiger partial charge is 0.478 e. The normalized spacial score (nSPS) is 11.1. The van der Waals surface area contributed by atoms with Crippen LogP contribution in [-0.4, -0.2) is 33.9 Å². The number of carboxylic acid groups (broad SMARTS) is 1. The van der Waals surface area contributed by atoms with E-state index < -0.39 is 5.97 Å². The first-order valence-electron chi connectivity index (χ1n) is 8.58. The van der Waals surface area contributed by atoms with Gasteiger partial charge >= 0.3 is 5.97 Å². The molecule has 0 unspecified atom stereocenters. The third kappa shape index (κ3) is 4.95. The van der Waals surface area contributed by atoms with Crippen molar-refractivity contribution in [2.45, 2.75) is 18.7 Å². The molecule has 2 N–H and O–H groups in total. The summed E-state index contributed by atoms with van der Waals surface area (Å²) < 4.78 is 0. The highest BCUT2D eigenvalue weighted by Gasteiger charge is 2.08. The van der Waals surface area contributed by atoms with Gasteiger partial charge in [-0.2, -0.15) is 5.10 Å². The van der Waals surface area contributed by atoms with Gasteiger partial charge in [0.05, 0.1) is 23.0 Å². The van der Waals surface area contributed by atoms with Gasteiger partial charge in [-0.15, -0.1) is 11.8 Å². The van der Waals surface area contributed by atoms with E-state index in [4.69, 9.17) is 5.11 Å². The Morgan fingerprint density at radius 1 is 1.14 bits per heavy atom. The lowest BCUT2D eigenvalue weighted by atomic mass is 10.1. The molecule has 1 amide bonds. The molecule has 0 bridgehead atoms. The number of amides is 1. The van der Waals surface area contributed by atoms with Gasteiger partial charge in [0.2, 0.25) is 5.91 Å². The fourth-order valence-corrected chi connectivity index (χ4v) is 3.54. The maximum Gasteiger partial charge on any atom is 0.335 e. The molecule has 0 fully saturated rings. The van der Waals surface area contributed by atoms with E-state index in [2.05, 4.69) is 21.6 Å². The minimum atomic E-state index is -0.983. The molecule has 0 aliphatic heterocycles. The number of hydrogen-bond acceptors (Lipinski definition) is 5. The first kappa shape index (κ1) is 19.6. The molecule has 1 aromatic heterocycles. The number of aryl methyl sites for hydroxylation is 2. The van der Waals surface area contributed by atoms with Gasteiger partial charge in [-0.25, -0.2) is 10.2 Å². The van der Waals surface area contributed by atoms with Crippen molar-refractivity contribution in [2.24, 2.45) is 5.10 Å². The number of aromatic nitrogens is 1. The number of benzene rings is 2. The molecule has 142 valence electrons. The number of hydrogen-bond donors (Lipinski definition) is 2. The smallest absolute Gasteiger partial charge is 0.335 e. The molecule has 28 heavy (non-hydrogen) atoms. The Bertz CT molecular complexity index is 1060. The molecular weight excluding hydrogens is 374 g/mol. The molecule has 6 nitrogen and oxygen atoms in total. The molecule has 2 aromatic carbocycles. The molecule has 0 aliphatic carbocycles. The number of carbonyl (C=O) groups excluding carboxylic acids is 1. The van der Waals surface area contributed by atoms with E-state index in [9.17, 15) is 9.59 Å². The van der Waals surface area contributed by atoms with E-state index in [-0.39, 0.29) is 17.2 Å². The lowest BCUT2D eigenvalue weighted by molar-refractivity contribution is -0.118. The van der Waals surface area contributed by atoms with Crippen LogP contribution in [0, 0.1) is 13.8 Å². The maximum absolute atomic E-state index is 12.1. The minimum absolute atomic E-state index is 0.202. The Hall–Kier alpha value is -3.19. The maximum atomic E-state index is 12.1. The zero-order valence-electron chi connectivity index (χ0n) is 15.5. The van der Waals surface area contributed by atoms with Gasteiger partial charge < -0.3 is 5.11 Å². The molecule has 0 aliphatic rings. The highest BCUT2D eigenvalue weighted by atomic mass is 32.2. The average Bonchev–Trinajstić information content (AvgIpc) is 2.67. The van der Waals surface area contributed by atoms with Crippen LogP contribution in [0.2, 0.25) is 0 Å². The van der Waals surface area contributed by atoms with Crippen LogP contribution < -0.4 is 5.43 Å². The third-order valence-electron chi connectivity index (χ3n) is 3.97. The van der Waals surface area contributed by atoms with Crippen molar-refractivity contribution in [1.82, 2.24) is 10.4 Å². The van der Waals surface area contributed by atoms with E-state index in [1.54, 1.807) is 12.1 Å². The predicted octanol–water partition coefficient (Wildman–Crippen LogP) is 3.79. The Balaban J connectivity index is 1.61. The van der Waals surface area contributed by atoms with Gasteiger partial charge in [0.25, 0.3) is 0 Å². The first-order chi connectivity index (χ1) is 13.4. The number of fused-ring (bicyclic) bond motifs is 1. The van der Waals surface area contributed by atoms with Crippen LogP contribution in [0.3, 0.4) is 0 Å². The number of nitrogens with zero attached hydrogens (tertiary/aromatic N) is 2. The Morgan fingerprint density at radius 3 is 2.61 bits per heavy atom. The Labute approximate surface area is 166 Å². The number of nitrogens with one attached hydrogen (secondary N) is 1. The van der Waals surface area contributed by atoms with Gasteiger partial charge in [0.1, 0.15) is 0 Å². The van der Waals surface area contributed by atoms with Crippen LogP contribution in [-0.2, 0) is 4.79 Å². The van der Waals surface area contributed by atoms with E-state index in [0.717, 1.165) is 27.1 Å².